The van der Waals surface area contributed by atoms with Crippen molar-refractivity contribution in [2.45, 2.75) is 20.0 Å². The van der Waals surface area contributed by atoms with Crippen LogP contribution in [-0.2, 0) is 14.2 Å². The summed E-state index contributed by atoms with van der Waals surface area (Å²) in [5.41, 5.74) is 1.75. The average Bonchev–Trinajstić information content (AvgIpc) is 2.45. The van der Waals surface area contributed by atoms with Crippen LogP contribution in [0, 0.1) is 5.41 Å². The van der Waals surface area contributed by atoms with Crippen molar-refractivity contribution < 1.29 is 19.3 Å². The van der Waals surface area contributed by atoms with Crippen LogP contribution in [0.4, 0.5) is 0 Å². The molecule has 0 saturated carbocycles. The van der Waals surface area contributed by atoms with E-state index in [1.54, 1.807) is 0 Å². The maximum absolute atomic E-state index is 9.81. The highest BCUT2D eigenvalue weighted by molar-refractivity contribution is 9.09. The Morgan fingerprint density at radius 2 is 1.41 bits per heavy atom. The molecule has 0 amide bonds. The first-order chi connectivity index (χ1) is 10.3. The number of halogens is 2. The van der Waals surface area contributed by atoms with Gasteiger partial charge in [-0.25, -0.2) is 0 Å². The van der Waals surface area contributed by atoms with E-state index in [0.29, 0.717) is 26.4 Å². The third-order valence-corrected chi connectivity index (χ3v) is 5.08. The minimum atomic E-state index is -0.640. The van der Waals surface area contributed by atoms with Gasteiger partial charge in [-0.15, -0.1) is 0 Å². The normalized spacial score (nSPS) is 13.1. The van der Waals surface area contributed by atoms with Gasteiger partial charge in [-0.2, -0.15) is 0 Å². The molecule has 0 aliphatic rings. The topological polar surface area (TPSA) is 47.9 Å². The second kappa shape index (κ2) is 12.7. The molecule has 1 N–H and O–H groups in total. The fraction of sp³-hybridized carbons (Fsp3) is 0.750. The van der Waals surface area contributed by atoms with E-state index in [1.165, 1.54) is 0 Å². The molecule has 6 heteroatoms. The molecular formula is C16H28Br2O4. The van der Waals surface area contributed by atoms with E-state index in [4.69, 9.17) is 14.2 Å². The summed E-state index contributed by atoms with van der Waals surface area (Å²) < 4.78 is 16.6. The van der Waals surface area contributed by atoms with Crippen LogP contribution in [0.2, 0.25) is 0 Å². The molecule has 0 aromatic heterocycles. The Balaban J connectivity index is 4.07. The van der Waals surface area contributed by atoms with Gasteiger partial charge in [0.1, 0.15) is 6.10 Å². The number of aliphatic hydroxyl groups is 1. The summed E-state index contributed by atoms with van der Waals surface area (Å²) in [5.74, 6) is 0. The second-order valence-corrected chi connectivity index (χ2v) is 6.98. The van der Waals surface area contributed by atoms with Crippen molar-refractivity contribution in [3.8, 4) is 0 Å². The van der Waals surface area contributed by atoms with E-state index in [2.05, 4.69) is 45.0 Å². The minimum absolute atomic E-state index is 0.173. The van der Waals surface area contributed by atoms with Crippen LogP contribution in [0.25, 0.3) is 0 Å². The predicted octanol–water partition coefficient (Wildman–Crippen LogP) is 3.33. The van der Waals surface area contributed by atoms with Gasteiger partial charge in [0.15, 0.2) is 0 Å². The summed E-state index contributed by atoms with van der Waals surface area (Å²) in [4.78, 5) is 0. The first kappa shape index (κ1) is 22.3. The van der Waals surface area contributed by atoms with Crippen molar-refractivity contribution in [2.24, 2.45) is 5.41 Å². The van der Waals surface area contributed by atoms with Crippen LogP contribution in [0.1, 0.15) is 13.8 Å². The molecule has 0 heterocycles. The standard InChI is InChI=1S/C16H28Br2O4/c1-13(2)5-20-7-15(19)8-22-12-16(9-17,10-18)11-21-6-14(3)4/h15,19H,1,3,5-12H2,2,4H3. The predicted molar refractivity (Wildman–Crippen MR) is 98.1 cm³/mol. The van der Waals surface area contributed by atoms with Crippen molar-refractivity contribution in [1.82, 2.24) is 0 Å². The van der Waals surface area contributed by atoms with Gasteiger partial charge in [0.2, 0.25) is 0 Å². The Morgan fingerprint density at radius 1 is 0.955 bits per heavy atom. The fourth-order valence-electron chi connectivity index (χ4n) is 1.50. The van der Waals surface area contributed by atoms with Gasteiger partial charge < -0.3 is 19.3 Å². The molecule has 0 aromatic carbocycles. The summed E-state index contributed by atoms with van der Waals surface area (Å²) >= 11 is 7.03. The zero-order valence-electron chi connectivity index (χ0n) is 13.6. The molecule has 0 bridgehead atoms. The molecule has 1 atom stereocenters. The van der Waals surface area contributed by atoms with Crippen molar-refractivity contribution in [2.75, 3.05) is 50.3 Å². The van der Waals surface area contributed by atoms with Gasteiger partial charge in [0, 0.05) is 16.1 Å². The Hall–Kier alpha value is 0.280. The fourth-order valence-corrected chi connectivity index (χ4v) is 3.08. The highest BCUT2D eigenvalue weighted by Gasteiger charge is 2.29. The second-order valence-electron chi connectivity index (χ2n) is 5.86. The zero-order valence-corrected chi connectivity index (χ0v) is 16.7. The van der Waals surface area contributed by atoms with Crippen LogP contribution in [0.15, 0.2) is 24.3 Å². The highest BCUT2D eigenvalue weighted by Crippen LogP contribution is 2.24. The number of hydrogen-bond acceptors (Lipinski definition) is 4. The van der Waals surface area contributed by atoms with Gasteiger partial charge in [0.25, 0.3) is 0 Å². The van der Waals surface area contributed by atoms with Crippen molar-refractivity contribution in [1.29, 1.82) is 0 Å². The van der Waals surface area contributed by atoms with Gasteiger partial charge in [-0.05, 0) is 13.8 Å². The lowest BCUT2D eigenvalue weighted by Crippen LogP contribution is -2.37. The SMILES string of the molecule is C=C(C)COCC(O)COCC(CBr)(CBr)COCC(=C)C. The largest absolute Gasteiger partial charge is 0.388 e. The van der Waals surface area contributed by atoms with Gasteiger partial charge in [-0.1, -0.05) is 56.2 Å². The van der Waals surface area contributed by atoms with Gasteiger partial charge >= 0.3 is 0 Å². The number of rotatable bonds is 14. The van der Waals surface area contributed by atoms with Crippen LogP contribution < -0.4 is 0 Å². The molecule has 22 heavy (non-hydrogen) atoms. The molecule has 130 valence electrons. The zero-order chi connectivity index (χ0) is 17.0. The van der Waals surface area contributed by atoms with E-state index in [0.717, 1.165) is 21.8 Å². The van der Waals surface area contributed by atoms with E-state index in [-0.39, 0.29) is 18.6 Å². The van der Waals surface area contributed by atoms with Gasteiger partial charge in [-0.3, -0.25) is 0 Å². The maximum Gasteiger partial charge on any atom is 0.101 e. The first-order valence-electron chi connectivity index (χ1n) is 7.17. The number of hydrogen-bond donors (Lipinski definition) is 1. The number of alkyl halides is 2. The van der Waals surface area contributed by atoms with Crippen molar-refractivity contribution in [3.05, 3.63) is 24.3 Å². The van der Waals surface area contributed by atoms with E-state index in [1.807, 2.05) is 13.8 Å². The first-order valence-corrected chi connectivity index (χ1v) is 9.41. The van der Waals surface area contributed by atoms with Crippen LogP contribution in [0.3, 0.4) is 0 Å². The van der Waals surface area contributed by atoms with Gasteiger partial charge in [0.05, 0.1) is 39.6 Å². The number of aliphatic hydroxyl groups excluding tert-OH is 1. The molecule has 0 aliphatic carbocycles. The molecule has 1 unspecified atom stereocenters. The molecular weight excluding hydrogens is 416 g/mol. The quantitative estimate of drug-likeness (QED) is 0.330. The van der Waals surface area contributed by atoms with E-state index >= 15 is 0 Å². The molecule has 0 aromatic rings. The third kappa shape index (κ3) is 10.9. The Morgan fingerprint density at radius 3 is 1.91 bits per heavy atom. The Bertz CT molecular complexity index is 330. The molecule has 4 nitrogen and oxygen atoms in total. The molecule has 0 aliphatic heterocycles. The number of ether oxygens (including phenoxy) is 3. The van der Waals surface area contributed by atoms with E-state index < -0.39 is 6.10 Å². The van der Waals surface area contributed by atoms with Crippen LogP contribution >= 0.6 is 31.9 Å². The summed E-state index contributed by atoms with van der Waals surface area (Å²) in [6, 6.07) is 0. The molecule has 0 saturated heterocycles. The third-order valence-electron chi connectivity index (χ3n) is 2.70. The Labute approximate surface area is 151 Å². The van der Waals surface area contributed by atoms with Crippen molar-refractivity contribution in [3.63, 3.8) is 0 Å². The summed E-state index contributed by atoms with van der Waals surface area (Å²) in [6.45, 7) is 13.9. The molecule has 0 radical (unpaired) electrons. The molecule has 0 fully saturated rings. The Kier molecular flexibility index (Phi) is 12.8. The lowest BCUT2D eigenvalue weighted by Gasteiger charge is -2.30. The summed E-state index contributed by atoms with van der Waals surface area (Å²) in [5, 5.41) is 11.3. The average molecular weight is 444 g/mol. The molecule has 0 spiro atoms. The van der Waals surface area contributed by atoms with Crippen molar-refractivity contribution >= 4 is 31.9 Å². The smallest absolute Gasteiger partial charge is 0.101 e. The summed E-state index contributed by atoms with van der Waals surface area (Å²) in [7, 11) is 0. The summed E-state index contributed by atoms with van der Waals surface area (Å²) in [6.07, 6.45) is -0.640. The lowest BCUT2D eigenvalue weighted by molar-refractivity contribution is -0.0447. The van der Waals surface area contributed by atoms with E-state index in [9.17, 15) is 5.11 Å². The van der Waals surface area contributed by atoms with Crippen LogP contribution in [0.5, 0.6) is 0 Å². The highest BCUT2D eigenvalue weighted by atomic mass is 79.9. The maximum atomic E-state index is 9.81. The minimum Gasteiger partial charge on any atom is -0.388 e. The lowest BCUT2D eigenvalue weighted by atomic mass is 9.96. The van der Waals surface area contributed by atoms with Crippen LogP contribution in [-0.4, -0.2) is 61.5 Å². The molecule has 0 rings (SSSR count). The monoisotopic (exact) mass is 442 g/mol.